The molecule has 11 heteroatoms. The summed E-state index contributed by atoms with van der Waals surface area (Å²) in [6.07, 6.45) is -0.157. The highest BCUT2D eigenvalue weighted by atomic mass is 16.6. The van der Waals surface area contributed by atoms with Crippen LogP contribution in [0.15, 0.2) is 18.2 Å². The van der Waals surface area contributed by atoms with Gasteiger partial charge in [0.05, 0.1) is 6.61 Å². The van der Waals surface area contributed by atoms with Gasteiger partial charge >= 0.3 is 12.1 Å². The number of aliphatic hydroxyl groups excluding tert-OH is 1. The maximum absolute atomic E-state index is 13.1. The van der Waals surface area contributed by atoms with E-state index in [0.29, 0.717) is 12.1 Å². The molecule has 0 unspecified atom stereocenters. The maximum atomic E-state index is 13.1. The van der Waals surface area contributed by atoms with Crippen LogP contribution in [0.2, 0.25) is 0 Å². The van der Waals surface area contributed by atoms with Gasteiger partial charge < -0.3 is 36.8 Å². The largest absolute Gasteiger partial charge is 0.444 e. The Balaban J connectivity index is 2.98. The number of carbonyl (C=O) groups excluding carboxylic acids is 4. The number of hydrogen-bond acceptors (Lipinski definition) is 6. The van der Waals surface area contributed by atoms with Crippen LogP contribution in [0.4, 0.5) is 15.3 Å². The number of carbonyl (C=O) groups is 4. The molecule has 0 saturated carbocycles. The van der Waals surface area contributed by atoms with Gasteiger partial charge in [-0.15, -0.1) is 0 Å². The SMILES string of the molecule is Cc1cc(NC(=O)[C@H](CCCNC(N)=O)NC(=O)[C@@H](NC(=O)OC(C)(C)C)C(C)C)ccc1CO. The first-order chi connectivity index (χ1) is 16.2. The number of nitrogens with two attached hydrogens (primary N) is 1. The third kappa shape index (κ3) is 11.1. The number of alkyl carbamates (subject to hydrolysis) is 1. The van der Waals surface area contributed by atoms with Crippen molar-refractivity contribution in [2.24, 2.45) is 11.7 Å². The first kappa shape index (κ1) is 29.7. The summed E-state index contributed by atoms with van der Waals surface area (Å²) in [4.78, 5) is 49.3. The van der Waals surface area contributed by atoms with Gasteiger partial charge in [0.2, 0.25) is 11.8 Å². The number of amides is 5. The molecule has 1 aromatic rings. The lowest BCUT2D eigenvalue weighted by atomic mass is 10.0. The van der Waals surface area contributed by atoms with Crippen molar-refractivity contribution in [1.29, 1.82) is 0 Å². The van der Waals surface area contributed by atoms with Crippen LogP contribution in [0.3, 0.4) is 0 Å². The molecule has 0 spiro atoms. The van der Waals surface area contributed by atoms with Crippen LogP contribution in [0.1, 0.15) is 58.6 Å². The van der Waals surface area contributed by atoms with Crippen LogP contribution in [-0.2, 0) is 20.9 Å². The van der Waals surface area contributed by atoms with Crippen molar-refractivity contribution < 1.29 is 29.0 Å². The van der Waals surface area contributed by atoms with E-state index in [0.717, 1.165) is 11.1 Å². The number of hydrogen-bond donors (Lipinski definition) is 6. The molecule has 196 valence electrons. The minimum absolute atomic E-state index is 0.118. The fourth-order valence-corrected chi connectivity index (χ4v) is 3.20. The van der Waals surface area contributed by atoms with E-state index in [1.165, 1.54) is 0 Å². The summed E-state index contributed by atoms with van der Waals surface area (Å²) >= 11 is 0. The Morgan fingerprint density at radius 3 is 2.26 bits per heavy atom. The van der Waals surface area contributed by atoms with Crippen molar-refractivity contribution in [1.82, 2.24) is 16.0 Å². The number of aryl methyl sites for hydroxylation is 1. The highest BCUT2D eigenvalue weighted by Gasteiger charge is 2.30. The first-order valence-electron chi connectivity index (χ1n) is 11.6. The lowest BCUT2D eigenvalue weighted by molar-refractivity contribution is -0.128. The second kappa shape index (κ2) is 13.5. The molecule has 35 heavy (non-hydrogen) atoms. The number of primary amides is 1. The van der Waals surface area contributed by atoms with Crippen LogP contribution >= 0.6 is 0 Å². The molecule has 5 amide bonds. The summed E-state index contributed by atoms with van der Waals surface area (Å²) in [5, 5.41) is 19.8. The van der Waals surface area contributed by atoms with Gasteiger partial charge in [-0.25, -0.2) is 9.59 Å². The number of aliphatic hydroxyl groups is 1. The summed E-state index contributed by atoms with van der Waals surface area (Å²) in [6.45, 7) is 10.6. The third-order valence-electron chi connectivity index (χ3n) is 5.00. The van der Waals surface area contributed by atoms with Crippen molar-refractivity contribution >= 4 is 29.6 Å². The molecule has 0 radical (unpaired) electrons. The third-order valence-corrected chi connectivity index (χ3v) is 5.00. The molecule has 0 aliphatic rings. The van der Waals surface area contributed by atoms with E-state index in [2.05, 4.69) is 21.3 Å². The van der Waals surface area contributed by atoms with Gasteiger partial charge in [0.15, 0.2) is 0 Å². The zero-order chi connectivity index (χ0) is 26.8. The smallest absolute Gasteiger partial charge is 0.408 e. The normalized spacial score (nSPS) is 12.9. The molecule has 0 heterocycles. The summed E-state index contributed by atoms with van der Waals surface area (Å²) in [6, 6.07) is 2.51. The van der Waals surface area contributed by atoms with E-state index >= 15 is 0 Å². The predicted octanol–water partition coefficient (Wildman–Crippen LogP) is 1.91. The molecule has 1 aromatic carbocycles. The van der Waals surface area contributed by atoms with Crippen molar-refractivity contribution in [3.05, 3.63) is 29.3 Å². The first-order valence-corrected chi connectivity index (χ1v) is 11.6. The zero-order valence-corrected chi connectivity index (χ0v) is 21.4. The Kier molecular flexibility index (Phi) is 11.5. The van der Waals surface area contributed by atoms with Crippen LogP contribution in [0, 0.1) is 12.8 Å². The zero-order valence-electron chi connectivity index (χ0n) is 21.4. The number of urea groups is 1. The molecule has 1 rings (SSSR count). The van der Waals surface area contributed by atoms with Crippen molar-refractivity contribution in [2.75, 3.05) is 11.9 Å². The van der Waals surface area contributed by atoms with Gasteiger partial charge in [-0.05, 0) is 69.7 Å². The molecule has 11 nitrogen and oxygen atoms in total. The summed E-state index contributed by atoms with van der Waals surface area (Å²) in [5.41, 5.74) is 6.39. The van der Waals surface area contributed by atoms with Gasteiger partial charge in [0.1, 0.15) is 17.7 Å². The minimum atomic E-state index is -0.948. The molecule has 7 N–H and O–H groups in total. The molecule has 0 fully saturated rings. The van der Waals surface area contributed by atoms with Crippen LogP contribution < -0.4 is 27.0 Å². The lowest BCUT2D eigenvalue weighted by Gasteiger charge is -2.27. The number of nitrogens with one attached hydrogen (secondary N) is 4. The molecule has 0 aliphatic carbocycles. The average molecular weight is 494 g/mol. The van der Waals surface area contributed by atoms with Gasteiger partial charge in [-0.1, -0.05) is 19.9 Å². The Hall–Kier alpha value is -3.34. The molecule has 0 aliphatic heterocycles. The summed E-state index contributed by atoms with van der Waals surface area (Å²) in [5.74, 6) is -1.29. The van der Waals surface area contributed by atoms with Crippen molar-refractivity contribution in [3.8, 4) is 0 Å². The Labute approximate surface area is 206 Å². The predicted molar refractivity (Wildman–Crippen MR) is 132 cm³/mol. The molecule has 0 aromatic heterocycles. The minimum Gasteiger partial charge on any atom is -0.444 e. The highest BCUT2D eigenvalue weighted by Crippen LogP contribution is 2.16. The van der Waals surface area contributed by atoms with E-state index < -0.39 is 41.6 Å². The Morgan fingerprint density at radius 2 is 1.74 bits per heavy atom. The van der Waals surface area contributed by atoms with Crippen molar-refractivity contribution in [2.45, 2.75) is 78.7 Å². The quantitative estimate of drug-likeness (QED) is 0.257. The van der Waals surface area contributed by atoms with Crippen molar-refractivity contribution in [3.63, 3.8) is 0 Å². The fourth-order valence-electron chi connectivity index (χ4n) is 3.20. The standard InChI is InChI=1S/C24H39N5O6/c1-14(2)19(29-23(34)35-24(4,5)6)21(32)28-18(8-7-11-26-22(25)33)20(31)27-17-10-9-16(13-30)15(3)12-17/h9-10,12,14,18-19,30H,7-8,11,13H2,1-6H3,(H,27,31)(H,28,32)(H,29,34)(H3,25,26,33)/t18-,19-/m0/s1. The number of anilines is 1. The Morgan fingerprint density at radius 1 is 1.09 bits per heavy atom. The topological polar surface area (TPSA) is 172 Å². The van der Waals surface area contributed by atoms with Gasteiger partial charge in [0, 0.05) is 12.2 Å². The van der Waals surface area contributed by atoms with Gasteiger partial charge in [-0.3, -0.25) is 9.59 Å². The van der Waals surface area contributed by atoms with Gasteiger partial charge in [-0.2, -0.15) is 0 Å². The van der Waals surface area contributed by atoms with E-state index in [9.17, 15) is 24.3 Å². The molecular formula is C24H39N5O6. The van der Waals surface area contributed by atoms with E-state index in [1.54, 1.807) is 52.8 Å². The Bertz CT molecular complexity index is 897. The maximum Gasteiger partial charge on any atom is 0.408 e. The lowest BCUT2D eigenvalue weighted by Crippen LogP contribution is -2.55. The van der Waals surface area contributed by atoms with Gasteiger partial charge in [0.25, 0.3) is 0 Å². The molecular weight excluding hydrogens is 454 g/mol. The van der Waals surface area contributed by atoms with E-state index in [-0.39, 0.29) is 25.5 Å². The molecule has 2 atom stereocenters. The second-order valence-corrected chi connectivity index (χ2v) is 9.65. The second-order valence-electron chi connectivity index (χ2n) is 9.65. The van der Waals surface area contributed by atoms with E-state index in [1.807, 2.05) is 6.92 Å². The average Bonchev–Trinajstić information content (AvgIpc) is 2.72. The fraction of sp³-hybridized carbons (Fsp3) is 0.583. The summed E-state index contributed by atoms with van der Waals surface area (Å²) in [7, 11) is 0. The summed E-state index contributed by atoms with van der Waals surface area (Å²) < 4.78 is 5.25. The number of ether oxygens (including phenoxy) is 1. The van der Waals surface area contributed by atoms with Crippen LogP contribution in [-0.4, -0.2) is 53.3 Å². The monoisotopic (exact) mass is 493 g/mol. The molecule has 0 saturated heterocycles. The van der Waals surface area contributed by atoms with Crippen LogP contribution in [0.5, 0.6) is 0 Å². The number of benzene rings is 1. The van der Waals surface area contributed by atoms with E-state index in [4.69, 9.17) is 10.5 Å². The highest BCUT2D eigenvalue weighted by molar-refractivity contribution is 5.98. The molecule has 0 bridgehead atoms. The van der Waals surface area contributed by atoms with Crippen LogP contribution in [0.25, 0.3) is 0 Å². The number of rotatable bonds is 11.